The first-order valence-corrected chi connectivity index (χ1v) is 11.6. The van der Waals surface area contributed by atoms with Gasteiger partial charge in [0.1, 0.15) is 35.0 Å². The molecule has 0 spiro atoms. The molecule has 0 saturated heterocycles. The second-order valence-electron chi connectivity index (χ2n) is 9.21. The van der Waals surface area contributed by atoms with E-state index in [-0.39, 0.29) is 48.2 Å². The molecule has 7 nitrogen and oxygen atoms in total. The number of anilines is 1. The molecule has 1 fully saturated rings. The number of hydrogen-bond acceptors (Lipinski definition) is 6. The zero-order valence-corrected chi connectivity index (χ0v) is 18.8. The van der Waals surface area contributed by atoms with Crippen LogP contribution >= 0.6 is 0 Å². The van der Waals surface area contributed by atoms with Gasteiger partial charge in [-0.25, -0.2) is 4.98 Å². The maximum absolute atomic E-state index is 12.9. The number of ether oxygens (including phenoxy) is 2. The van der Waals surface area contributed by atoms with Crippen molar-refractivity contribution in [2.75, 3.05) is 5.32 Å². The number of ketones is 1. The molecule has 184 valence electrons. The summed E-state index contributed by atoms with van der Waals surface area (Å²) in [5.74, 6) is 2.21. The average molecular weight is 495 g/mol. The summed E-state index contributed by atoms with van der Waals surface area (Å²) in [6.45, 7) is 0. The van der Waals surface area contributed by atoms with E-state index in [1.165, 1.54) is 0 Å². The third-order valence-corrected chi connectivity index (χ3v) is 6.79. The number of carbonyl (C=O) groups excluding carboxylic acids is 2. The summed E-state index contributed by atoms with van der Waals surface area (Å²) in [7, 11) is 0. The van der Waals surface area contributed by atoms with E-state index < -0.39 is 11.7 Å². The highest BCUT2D eigenvalue weighted by Crippen LogP contribution is 2.60. The van der Waals surface area contributed by atoms with E-state index in [0.29, 0.717) is 30.2 Å². The van der Waals surface area contributed by atoms with Crippen LogP contribution in [0.2, 0.25) is 0 Å². The van der Waals surface area contributed by atoms with Crippen LogP contribution in [0.1, 0.15) is 41.1 Å². The van der Waals surface area contributed by atoms with Crippen LogP contribution in [-0.4, -0.2) is 27.8 Å². The number of hydrogen-bond donors (Lipinski definition) is 1. The van der Waals surface area contributed by atoms with Gasteiger partial charge >= 0.3 is 6.18 Å². The predicted molar refractivity (Wildman–Crippen MR) is 121 cm³/mol. The summed E-state index contributed by atoms with van der Waals surface area (Å²) in [6.07, 6.45) is -1.00. The van der Waals surface area contributed by atoms with Crippen LogP contribution in [0.5, 0.6) is 17.2 Å². The number of aromatic nitrogens is 2. The van der Waals surface area contributed by atoms with Crippen molar-refractivity contribution in [1.82, 2.24) is 9.97 Å². The van der Waals surface area contributed by atoms with Crippen molar-refractivity contribution < 1.29 is 32.2 Å². The van der Waals surface area contributed by atoms with Crippen molar-refractivity contribution in [3.63, 3.8) is 0 Å². The molecule has 2 aromatic heterocycles. The van der Waals surface area contributed by atoms with E-state index in [2.05, 4.69) is 15.3 Å². The maximum Gasteiger partial charge on any atom is 0.416 e. The van der Waals surface area contributed by atoms with Gasteiger partial charge in [-0.05, 0) is 42.8 Å². The van der Waals surface area contributed by atoms with Crippen molar-refractivity contribution in [2.45, 2.75) is 43.9 Å². The van der Waals surface area contributed by atoms with Crippen LogP contribution in [0.3, 0.4) is 0 Å². The predicted octanol–water partition coefficient (Wildman–Crippen LogP) is 4.85. The van der Waals surface area contributed by atoms with Gasteiger partial charge in [0, 0.05) is 60.3 Å². The Balaban J connectivity index is 1.13. The van der Waals surface area contributed by atoms with Crippen LogP contribution < -0.4 is 14.8 Å². The second-order valence-corrected chi connectivity index (χ2v) is 9.21. The summed E-state index contributed by atoms with van der Waals surface area (Å²) in [5, 5.41) is 2.75. The molecule has 1 N–H and O–H groups in total. The third-order valence-electron chi connectivity index (χ3n) is 6.79. The van der Waals surface area contributed by atoms with E-state index in [0.717, 1.165) is 35.2 Å². The van der Waals surface area contributed by atoms with E-state index in [9.17, 15) is 22.8 Å². The van der Waals surface area contributed by atoms with Crippen molar-refractivity contribution in [1.29, 1.82) is 0 Å². The van der Waals surface area contributed by atoms with Gasteiger partial charge in [0.2, 0.25) is 5.91 Å². The molecule has 6 rings (SSSR count). The highest BCUT2D eigenvalue weighted by atomic mass is 19.4. The van der Waals surface area contributed by atoms with Crippen LogP contribution in [0.25, 0.3) is 0 Å². The molecule has 0 radical (unpaired) electrons. The van der Waals surface area contributed by atoms with Crippen LogP contribution in [0.15, 0.2) is 48.8 Å². The topological polar surface area (TPSA) is 90.4 Å². The largest absolute Gasteiger partial charge is 0.489 e. The maximum atomic E-state index is 12.9. The Labute approximate surface area is 203 Å². The molecule has 10 heteroatoms. The molecule has 2 aliphatic heterocycles. The molecular weight excluding hydrogens is 475 g/mol. The quantitative estimate of drug-likeness (QED) is 0.526. The highest BCUT2D eigenvalue weighted by molar-refractivity contribution is 5.93. The number of halogens is 3. The van der Waals surface area contributed by atoms with Gasteiger partial charge in [0.05, 0.1) is 5.56 Å². The number of amides is 1. The number of carbonyl (C=O) groups is 2. The number of alkyl halides is 3. The molecule has 1 aromatic carbocycles. The minimum atomic E-state index is -4.48. The number of benzene rings is 1. The zero-order valence-electron chi connectivity index (χ0n) is 18.8. The van der Waals surface area contributed by atoms with Crippen LogP contribution in [0, 0.1) is 5.92 Å². The van der Waals surface area contributed by atoms with Gasteiger partial charge in [-0.15, -0.1) is 0 Å². The highest BCUT2D eigenvalue weighted by Gasteiger charge is 2.59. The molecule has 1 amide bonds. The molecule has 3 aromatic rings. The molecule has 0 bridgehead atoms. The molecule has 1 aliphatic carbocycles. The molecule has 1 saturated carbocycles. The first kappa shape index (κ1) is 22.5. The number of nitrogens with zero attached hydrogens (tertiary/aromatic N) is 2. The Kier molecular flexibility index (Phi) is 5.20. The summed E-state index contributed by atoms with van der Waals surface area (Å²) >= 11 is 0. The number of rotatable bonds is 6. The Morgan fingerprint density at radius 1 is 1.11 bits per heavy atom. The van der Waals surface area contributed by atoms with E-state index >= 15 is 0 Å². The molecular formula is C26H20F3N3O4. The number of pyridine rings is 2. The van der Waals surface area contributed by atoms with Crippen molar-refractivity contribution in [3.05, 3.63) is 71.2 Å². The number of fused-ring (bicyclic) bond motifs is 4. The standard InChI is InChI=1S/C26H20F3N3O4/c27-26(28,29)13-5-7-30-14(9-13)10-15(33)11-19-23-18-12-16(1-3-20(18)36-24(19)23)35-21-6-8-31-25-17(21)2-4-22(34)32-25/h1,3,5-9,12,19,23-24H,2,4,10-11H2,(H,31,32,34)/t19-,23-,24+/m1/s1. The fraction of sp³-hybridized carbons (Fsp3) is 0.308. The lowest BCUT2D eigenvalue weighted by atomic mass is 10.0. The Bertz CT molecular complexity index is 1390. The number of Topliss-reactive ketones (excluding diaryl/α,β-unsaturated/α-hetero) is 1. The summed E-state index contributed by atoms with van der Waals surface area (Å²) < 4.78 is 50.9. The Hall–Kier alpha value is -3.95. The minimum Gasteiger partial charge on any atom is -0.489 e. The molecule has 3 aliphatic rings. The second kappa shape index (κ2) is 8.32. The van der Waals surface area contributed by atoms with E-state index in [1.807, 2.05) is 12.1 Å². The fourth-order valence-corrected chi connectivity index (χ4v) is 5.03. The van der Waals surface area contributed by atoms with Crippen molar-refractivity contribution >= 4 is 17.5 Å². The van der Waals surface area contributed by atoms with Gasteiger partial charge < -0.3 is 14.8 Å². The van der Waals surface area contributed by atoms with Gasteiger partial charge in [-0.1, -0.05) is 0 Å². The van der Waals surface area contributed by atoms with Gasteiger partial charge in [-0.3, -0.25) is 14.6 Å². The summed E-state index contributed by atoms with van der Waals surface area (Å²) in [6, 6.07) is 9.09. The lowest BCUT2D eigenvalue weighted by molar-refractivity contribution is -0.137. The van der Waals surface area contributed by atoms with E-state index in [4.69, 9.17) is 9.47 Å². The first-order chi connectivity index (χ1) is 17.3. The van der Waals surface area contributed by atoms with Crippen LogP contribution in [0.4, 0.5) is 19.0 Å². The Morgan fingerprint density at radius 2 is 1.94 bits per heavy atom. The third kappa shape index (κ3) is 4.16. The minimum absolute atomic E-state index is 0.0325. The Morgan fingerprint density at radius 3 is 2.78 bits per heavy atom. The molecule has 0 unspecified atom stereocenters. The summed E-state index contributed by atoms with van der Waals surface area (Å²) in [4.78, 5) is 32.4. The lowest BCUT2D eigenvalue weighted by Crippen LogP contribution is -2.20. The molecule has 36 heavy (non-hydrogen) atoms. The van der Waals surface area contributed by atoms with Crippen LogP contribution in [-0.2, 0) is 28.6 Å². The average Bonchev–Trinajstić information content (AvgIpc) is 3.34. The number of nitrogens with one attached hydrogen (secondary N) is 1. The molecule has 3 atom stereocenters. The van der Waals surface area contributed by atoms with Crippen molar-refractivity contribution in [2.24, 2.45) is 5.92 Å². The van der Waals surface area contributed by atoms with E-state index in [1.54, 1.807) is 18.3 Å². The monoisotopic (exact) mass is 495 g/mol. The van der Waals surface area contributed by atoms with Gasteiger partial charge in [0.15, 0.2) is 0 Å². The van der Waals surface area contributed by atoms with Gasteiger partial charge in [-0.2, -0.15) is 13.2 Å². The lowest BCUT2D eigenvalue weighted by Gasteiger charge is -2.19. The molecule has 4 heterocycles. The SMILES string of the molecule is O=C(Cc1cc(C(F)(F)F)ccn1)C[C@H]1[C@@H]2Oc3ccc(Oc4ccnc5c4CCC(=O)N5)cc3[C@H]12. The smallest absolute Gasteiger partial charge is 0.416 e. The summed E-state index contributed by atoms with van der Waals surface area (Å²) in [5.41, 5.74) is 1.08. The normalized spacial score (nSPS) is 21.5. The van der Waals surface area contributed by atoms with Gasteiger partial charge in [0.25, 0.3) is 0 Å². The zero-order chi connectivity index (χ0) is 25.0. The fourth-order valence-electron chi connectivity index (χ4n) is 5.03. The first-order valence-electron chi connectivity index (χ1n) is 11.6. The van der Waals surface area contributed by atoms with Crippen molar-refractivity contribution in [3.8, 4) is 17.2 Å².